The number of nitrogens with zero attached hydrogens (tertiary/aromatic N) is 2. The Labute approximate surface area is 118 Å². The van der Waals surface area contributed by atoms with E-state index in [-0.39, 0.29) is 23.7 Å². The van der Waals surface area contributed by atoms with Gasteiger partial charge in [-0.1, -0.05) is 5.16 Å². The lowest BCUT2D eigenvalue weighted by Crippen LogP contribution is -2.46. The summed E-state index contributed by atoms with van der Waals surface area (Å²) in [5, 5.41) is 7.13. The zero-order valence-electron chi connectivity index (χ0n) is 11.4. The van der Waals surface area contributed by atoms with E-state index in [4.69, 9.17) is 9.26 Å². The molecular formula is C12H19N3O4S. The summed E-state index contributed by atoms with van der Waals surface area (Å²) in [7, 11) is -1.30. The van der Waals surface area contributed by atoms with Gasteiger partial charge in [-0.15, -0.1) is 0 Å². The standard InChI is InChI=1S/C12H19N3O4S/c1-18-11(8-2-3-8)12-14-10(19-15-12)6-9-7-20(16,17)5-4-13-9/h8-9,11,13H,2-7H2,1H3. The Bertz CT molecular complexity index is 567. The lowest BCUT2D eigenvalue weighted by atomic mass is 10.2. The van der Waals surface area contributed by atoms with Gasteiger partial charge in [-0.3, -0.25) is 0 Å². The predicted octanol–water partition coefficient (Wildman–Crippen LogP) is 0.0962. The number of methoxy groups -OCH3 is 1. The molecule has 2 fully saturated rings. The molecule has 1 aromatic heterocycles. The monoisotopic (exact) mass is 301 g/mol. The highest BCUT2D eigenvalue weighted by atomic mass is 32.2. The molecule has 1 aromatic rings. The van der Waals surface area contributed by atoms with Gasteiger partial charge in [0.05, 0.1) is 11.5 Å². The maximum absolute atomic E-state index is 11.6. The molecule has 1 aliphatic heterocycles. The van der Waals surface area contributed by atoms with Crippen LogP contribution in [-0.2, 0) is 21.0 Å². The first-order valence-electron chi connectivity index (χ1n) is 6.86. The molecule has 0 radical (unpaired) electrons. The topological polar surface area (TPSA) is 94.3 Å². The summed E-state index contributed by atoms with van der Waals surface area (Å²) < 4.78 is 33.8. The fourth-order valence-electron chi connectivity index (χ4n) is 2.58. The van der Waals surface area contributed by atoms with Crippen LogP contribution in [0.15, 0.2) is 4.52 Å². The maximum atomic E-state index is 11.6. The van der Waals surface area contributed by atoms with Crippen molar-refractivity contribution in [3.63, 3.8) is 0 Å². The molecule has 1 aliphatic carbocycles. The summed E-state index contributed by atoms with van der Waals surface area (Å²) in [5.41, 5.74) is 0. The predicted molar refractivity (Wildman–Crippen MR) is 70.9 cm³/mol. The van der Waals surface area contributed by atoms with Crippen LogP contribution in [-0.4, -0.2) is 49.8 Å². The Balaban J connectivity index is 1.65. The fraction of sp³-hybridized carbons (Fsp3) is 0.833. The van der Waals surface area contributed by atoms with Crippen LogP contribution in [0.4, 0.5) is 0 Å². The van der Waals surface area contributed by atoms with Crippen LogP contribution in [0.25, 0.3) is 0 Å². The fourth-order valence-corrected chi connectivity index (χ4v) is 4.03. The summed E-state index contributed by atoms with van der Waals surface area (Å²) in [6, 6.07) is -0.149. The van der Waals surface area contributed by atoms with E-state index in [1.165, 1.54) is 0 Å². The summed E-state index contributed by atoms with van der Waals surface area (Å²) in [5.74, 6) is 1.85. The van der Waals surface area contributed by atoms with E-state index in [1.54, 1.807) is 7.11 Å². The Morgan fingerprint density at radius 3 is 2.95 bits per heavy atom. The van der Waals surface area contributed by atoms with Gasteiger partial charge >= 0.3 is 0 Å². The van der Waals surface area contributed by atoms with Crippen molar-refractivity contribution in [1.82, 2.24) is 15.5 Å². The molecule has 2 unspecified atom stereocenters. The quantitative estimate of drug-likeness (QED) is 0.824. The normalized spacial score (nSPS) is 27.4. The average molecular weight is 301 g/mol. The molecule has 2 atom stereocenters. The number of ether oxygens (including phenoxy) is 1. The lowest BCUT2D eigenvalue weighted by Gasteiger charge is -2.22. The van der Waals surface area contributed by atoms with E-state index in [0.29, 0.717) is 30.6 Å². The van der Waals surface area contributed by atoms with Crippen molar-refractivity contribution >= 4 is 9.84 Å². The second-order valence-electron chi connectivity index (χ2n) is 5.51. The van der Waals surface area contributed by atoms with Crippen molar-refractivity contribution in [2.24, 2.45) is 5.92 Å². The third-order valence-electron chi connectivity index (χ3n) is 3.76. The summed E-state index contributed by atoms with van der Waals surface area (Å²) in [4.78, 5) is 4.35. The van der Waals surface area contributed by atoms with E-state index in [2.05, 4.69) is 15.5 Å². The molecule has 8 heteroatoms. The molecule has 2 aliphatic rings. The molecule has 1 N–H and O–H groups in total. The average Bonchev–Trinajstić information content (AvgIpc) is 3.10. The van der Waals surface area contributed by atoms with Gasteiger partial charge < -0.3 is 14.6 Å². The van der Waals surface area contributed by atoms with Gasteiger partial charge in [-0.2, -0.15) is 4.98 Å². The molecule has 20 heavy (non-hydrogen) atoms. The molecule has 1 saturated heterocycles. The highest BCUT2D eigenvalue weighted by Crippen LogP contribution is 2.41. The van der Waals surface area contributed by atoms with Gasteiger partial charge in [-0.25, -0.2) is 8.42 Å². The molecular weight excluding hydrogens is 282 g/mol. The SMILES string of the molecule is COC(c1noc(CC2CS(=O)(=O)CCN2)n1)C1CC1. The Morgan fingerprint density at radius 2 is 2.30 bits per heavy atom. The second kappa shape index (κ2) is 5.42. The minimum Gasteiger partial charge on any atom is -0.373 e. The molecule has 112 valence electrons. The van der Waals surface area contributed by atoms with Gasteiger partial charge in [0.25, 0.3) is 0 Å². The van der Waals surface area contributed by atoms with Crippen LogP contribution in [0.2, 0.25) is 0 Å². The van der Waals surface area contributed by atoms with Crippen molar-refractivity contribution in [3.8, 4) is 0 Å². The van der Waals surface area contributed by atoms with Gasteiger partial charge in [0.2, 0.25) is 11.7 Å². The van der Waals surface area contributed by atoms with E-state index in [0.717, 1.165) is 12.8 Å². The van der Waals surface area contributed by atoms with Gasteiger partial charge in [0, 0.05) is 26.1 Å². The number of aromatic nitrogens is 2. The van der Waals surface area contributed by atoms with Crippen LogP contribution in [0.1, 0.15) is 30.7 Å². The first-order valence-corrected chi connectivity index (χ1v) is 8.68. The van der Waals surface area contributed by atoms with Crippen LogP contribution < -0.4 is 5.32 Å². The van der Waals surface area contributed by atoms with Crippen molar-refractivity contribution in [1.29, 1.82) is 0 Å². The van der Waals surface area contributed by atoms with Crippen LogP contribution in [0, 0.1) is 5.92 Å². The number of hydrogen-bond donors (Lipinski definition) is 1. The van der Waals surface area contributed by atoms with E-state index in [9.17, 15) is 8.42 Å². The van der Waals surface area contributed by atoms with Crippen molar-refractivity contribution < 1.29 is 17.7 Å². The van der Waals surface area contributed by atoms with E-state index >= 15 is 0 Å². The molecule has 3 rings (SSSR count). The smallest absolute Gasteiger partial charge is 0.228 e. The molecule has 2 heterocycles. The zero-order valence-corrected chi connectivity index (χ0v) is 12.2. The molecule has 0 spiro atoms. The number of rotatable bonds is 5. The molecule has 0 aromatic carbocycles. The van der Waals surface area contributed by atoms with Gasteiger partial charge in [0.15, 0.2) is 9.84 Å². The number of sulfone groups is 1. The Hall–Kier alpha value is -0.990. The van der Waals surface area contributed by atoms with Crippen LogP contribution in [0.5, 0.6) is 0 Å². The third kappa shape index (κ3) is 3.18. The van der Waals surface area contributed by atoms with Crippen molar-refractivity contribution in [3.05, 3.63) is 11.7 Å². The van der Waals surface area contributed by atoms with Crippen molar-refractivity contribution in [2.45, 2.75) is 31.4 Å². The Morgan fingerprint density at radius 1 is 1.50 bits per heavy atom. The lowest BCUT2D eigenvalue weighted by molar-refractivity contribution is 0.0751. The highest BCUT2D eigenvalue weighted by Gasteiger charge is 2.36. The molecule has 0 bridgehead atoms. The summed E-state index contributed by atoms with van der Waals surface area (Å²) in [6.45, 7) is 0.483. The van der Waals surface area contributed by atoms with E-state index < -0.39 is 9.84 Å². The molecule has 7 nitrogen and oxygen atoms in total. The number of nitrogens with one attached hydrogen (secondary N) is 1. The molecule has 0 amide bonds. The molecule has 1 saturated carbocycles. The number of hydrogen-bond acceptors (Lipinski definition) is 7. The van der Waals surface area contributed by atoms with Crippen LogP contribution >= 0.6 is 0 Å². The largest absolute Gasteiger partial charge is 0.373 e. The van der Waals surface area contributed by atoms with Crippen molar-refractivity contribution in [2.75, 3.05) is 25.2 Å². The van der Waals surface area contributed by atoms with Crippen LogP contribution in [0.3, 0.4) is 0 Å². The van der Waals surface area contributed by atoms with E-state index in [1.807, 2.05) is 0 Å². The second-order valence-corrected chi connectivity index (χ2v) is 7.74. The first kappa shape index (κ1) is 14.0. The Kier molecular flexibility index (Phi) is 3.78. The van der Waals surface area contributed by atoms with Gasteiger partial charge in [0.1, 0.15) is 6.10 Å². The summed E-state index contributed by atoms with van der Waals surface area (Å²) in [6.07, 6.45) is 2.60. The summed E-state index contributed by atoms with van der Waals surface area (Å²) >= 11 is 0. The highest BCUT2D eigenvalue weighted by molar-refractivity contribution is 7.91. The van der Waals surface area contributed by atoms with Gasteiger partial charge in [-0.05, 0) is 18.8 Å². The maximum Gasteiger partial charge on any atom is 0.228 e. The minimum atomic E-state index is -2.95. The third-order valence-corrected chi connectivity index (χ3v) is 5.50. The first-order chi connectivity index (χ1) is 9.57. The minimum absolute atomic E-state index is 0.101. The zero-order chi connectivity index (χ0) is 14.2.